The number of aryl methyl sites for hydroxylation is 1. The highest BCUT2D eigenvalue weighted by molar-refractivity contribution is 5.89. The summed E-state index contributed by atoms with van der Waals surface area (Å²) in [7, 11) is 3.97. The molecule has 0 bridgehead atoms. The SMILES string of the molecule is CN(C)CCN1C[C@@H](C(=O)NCc2n[nH]c3c2CCCCC3)CC1=O. The zero-order chi connectivity index (χ0) is 17.8. The van der Waals surface area contributed by atoms with Crippen molar-refractivity contribution in [3.05, 3.63) is 17.0 Å². The number of nitrogens with one attached hydrogen (secondary N) is 2. The molecule has 7 nitrogen and oxygen atoms in total. The summed E-state index contributed by atoms with van der Waals surface area (Å²) in [6.07, 6.45) is 6.05. The van der Waals surface area contributed by atoms with E-state index in [9.17, 15) is 9.59 Å². The Morgan fingerprint density at radius 2 is 2.12 bits per heavy atom. The minimum atomic E-state index is -0.243. The number of amides is 2. The van der Waals surface area contributed by atoms with Crippen LogP contribution in [0.4, 0.5) is 0 Å². The van der Waals surface area contributed by atoms with Crippen molar-refractivity contribution in [2.45, 2.75) is 45.1 Å². The molecule has 1 fully saturated rings. The molecule has 2 heterocycles. The van der Waals surface area contributed by atoms with Gasteiger partial charge in [0.1, 0.15) is 0 Å². The Balaban J connectivity index is 1.52. The van der Waals surface area contributed by atoms with Crippen LogP contribution in [0.3, 0.4) is 0 Å². The second kappa shape index (κ2) is 7.99. The summed E-state index contributed by atoms with van der Waals surface area (Å²) in [4.78, 5) is 28.4. The molecule has 0 spiro atoms. The monoisotopic (exact) mass is 347 g/mol. The number of aromatic nitrogens is 2. The molecule has 2 aliphatic rings. The van der Waals surface area contributed by atoms with Gasteiger partial charge in [0.25, 0.3) is 0 Å². The summed E-state index contributed by atoms with van der Waals surface area (Å²) in [5.74, 6) is -0.200. The lowest BCUT2D eigenvalue weighted by Crippen LogP contribution is -2.35. The van der Waals surface area contributed by atoms with Crippen LogP contribution in [0.2, 0.25) is 0 Å². The average molecular weight is 347 g/mol. The molecule has 1 atom stereocenters. The standard InChI is InChI=1S/C18H29N5O2/c1-22(2)8-9-23-12-13(10-17(23)24)18(25)19-11-16-14-6-4-3-5-7-15(14)20-21-16/h13H,3-12H2,1-2H3,(H,19,25)(H,20,21)/t13-/m0/s1. The first-order chi connectivity index (χ1) is 12.0. The molecule has 138 valence electrons. The van der Waals surface area contributed by atoms with Crippen LogP contribution in [0.5, 0.6) is 0 Å². The van der Waals surface area contributed by atoms with Crippen molar-refractivity contribution in [1.82, 2.24) is 25.3 Å². The van der Waals surface area contributed by atoms with Gasteiger partial charge in [0.05, 0.1) is 18.2 Å². The van der Waals surface area contributed by atoms with Crippen molar-refractivity contribution < 1.29 is 9.59 Å². The molecule has 25 heavy (non-hydrogen) atoms. The van der Waals surface area contributed by atoms with Crippen LogP contribution in [0, 0.1) is 5.92 Å². The molecule has 0 aromatic carbocycles. The van der Waals surface area contributed by atoms with E-state index in [0.29, 0.717) is 26.1 Å². The number of likely N-dealkylation sites (tertiary alicyclic amines) is 1. The lowest BCUT2D eigenvalue weighted by Gasteiger charge is -2.19. The number of hydrogen-bond acceptors (Lipinski definition) is 4. The zero-order valence-electron chi connectivity index (χ0n) is 15.3. The first-order valence-corrected chi connectivity index (χ1v) is 9.30. The second-order valence-electron chi connectivity index (χ2n) is 7.45. The van der Waals surface area contributed by atoms with Crippen LogP contribution < -0.4 is 5.32 Å². The van der Waals surface area contributed by atoms with Gasteiger partial charge in [-0.3, -0.25) is 14.7 Å². The van der Waals surface area contributed by atoms with E-state index in [-0.39, 0.29) is 17.7 Å². The quantitative estimate of drug-likeness (QED) is 0.743. The Labute approximate surface area is 149 Å². The third kappa shape index (κ3) is 4.39. The van der Waals surface area contributed by atoms with Gasteiger partial charge in [-0.2, -0.15) is 5.10 Å². The molecule has 1 aliphatic carbocycles. The van der Waals surface area contributed by atoms with Crippen molar-refractivity contribution in [3.8, 4) is 0 Å². The van der Waals surface area contributed by atoms with E-state index >= 15 is 0 Å². The number of H-pyrrole nitrogens is 1. The van der Waals surface area contributed by atoms with Gasteiger partial charge in [-0.05, 0) is 45.3 Å². The van der Waals surface area contributed by atoms with Gasteiger partial charge in [0.2, 0.25) is 11.8 Å². The van der Waals surface area contributed by atoms with E-state index in [4.69, 9.17) is 0 Å². The number of nitrogens with zero attached hydrogens (tertiary/aromatic N) is 3. The van der Waals surface area contributed by atoms with Crippen molar-refractivity contribution in [3.63, 3.8) is 0 Å². The number of fused-ring (bicyclic) bond motifs is 1. The second-order valence-corrected chi connectivity index (χ2v) is 7.45. The molecule has 0 radical (unpaired) electrons. The minimum absolute atomic E-state index is 0.0360. The summed E-state index contributed by atoms with van der Waals surface area (Å²) < 4.78 is 0. The van der Waals surface area contributed by atoms with E-state index in [2.05, 4.69) is 15.5 Å². The first kappa shape index (κ1) is 17.9. The average Bonchev–Trinajstić information content (AvgIpc) is 3.06. The predicted molar refractivity (Wildman–Crippen MR) is 94.9 cm³/mol. The fourth-order valence-corrected chi connectivity index (χ4v) is 3.67. The third-order valence-corrected chi connectivity index (χ3v) is 5.22. The highest BCUT2D eigenvalue weighted by atomic mass is 16.2. The van der Waals surface area contributed by atoms with Crippen molar-refractivity contribution in [1.29, 1.82) is 0 Å². The minimum Gasteiger partial charge on any atom is -0.350 e. The summed E-state index contributed by atoms with van der Waals surface area (Å²) in [6.45, 7) is 2.48. The van der Waals surface area contributed by atoms with Crippen LogP contribution in [0.1, 0.15) is 42.6 Å². The predicted octanol–water partition coefficient (Wildman–Crippen LogP) is 0.705. The van der Waals surface area contributed by atoms with Gasteiger partial charge in [0.15, 0.2) is 0 Å². The number of hydrogen-bond donors (Lipinski definition) is 2. The number of carbonyl (C=O) groups excluding carboxylic acids is 2. The molecular formula is C18H29N5O2. The summed E-state index contributed by atoms with van der Waals surface area (Å²) in [5.41, 5.74) is 3.47. The molecule has 0 unspecified atom stereocenters. The van der Waals surface area contributed by atoms with E-state index in [0.717, 1.165) is 25.1 Å². The van der Waals surface area contributed by atoms with E-state index in [1.165, 1.54) is 30.5 Å². The maximum Gasteiger partial charge on any atom is 0.225 e. The molecule has 3 rings (SSSR count). The van der Waals surface area contributed by atoms with Crippen molar-refractivity contribution >= 4 is 11.8 Å². The first-order valence-electron chi connectivity index (χ1n) is 9.30. The maximum absolute atomic E-state index is 12.5. The van der Waals surface area contributed by atoms with Gasteiger partial charge in [-0.15, -0.1) is 0 Å². The number of likely N-dealkylation sites (N-methyl/N-ethyl adjacent to an activating group) is 1. The molecule has 2 N–H and O–H groups in total. The van der Waals surface area contributed by atoms with E-state index in [1.54, 1.807) is 4.90 Å². The van der Waals surface area contributed by atoms with Gasteiger partial charge >= 0.3 is 0 Å². The Hall–Kier alpha value is -1.89. The molecule has 2 amide bonds. The summed E-state index contributed by atoms with van der Waals surface area (Å²) >= 11 is 0. The molecule has 7 heteroatoms. The number of aromatic amines is 1. The lowest BCUT2D eigenvalue weighted by molar-refractivity contribution is -0.129. The Morgan fingerprint density at radius 1 is 1.32 bits per heavy atom. The topological polar surface area (TPSA) is 81.3 Å². The molecule has 1 aromatic rings. The Morgan fingerprint density at radius 3 is 2.92 bits per heavy atom. The van der Waals surface area contributed by atoms with Crippen LogP contribution in [0.25, 0.3) is 0 Å². The lowest BCUT2D eigenvalue weighted by atomic mass is 10.1. The van der Waals surface area contributed by atoms with Crippen LogP contribution in [-0.4, -0.2) is 65.5 Å². The van der Waals surface area contributed by atoms with Gasteiger partial charge in [0, 0.05) is 31.7 Å². The zero-order valence-corrected chi connectivity index (χ0v) is 15.3. The molecule has 0 saturated carbocycles. The molecule has 1 aromatic heterocycles. The normalized spacial score (nSPS) is 20.7. The van der Waals surface area contributed by atoms with Gasteiger partial charge in [-0.25, -0.2) is 0 Å². The Kier molecular flexibility index (Phi) is 5.73. The number of rotatable bonds is 6. The molecule has 1 saturated heterocycles. The molecule has 1 aliphatic heterocycles. The van der Waals surface area contributed by atoms with E-state index < -0.39 is 0 Å². The molecular weight excluding hydrogens is 318 g/mol. The highest BCUT2D eigenvalue weighted by Crippen LogP contribution is 2.22. The van der Waals surface area contributed by atoms with Gasteiger partial charge in [-0.1, -0.05) is 6.42 Å². The summed E-state index contributed by atoms with van der Waals surface area (Å²) in [6, 6.07) is 0. The fourth-order valence-electron chi connectivity index (χ4n) is 3.67. The smallest absolute Gasteiger partial charge is 0.225 e. The summed E-state index contributed by atoms with van der Waals surface area (Å²) in [5, 5.41) is 10.5. The van der Waals surface area contributed by atoms with E-state index in [1.807, 2.05) is 19.0 Å². The van der Waals surface area contributed by atoms with Crippen molar-refractivity contribution in [2.75, 3.05) is 33.7 Å². The maximum atomic E-state index is 12.5. The van der Waals surface area contributed by atoms with Crippen molar-refractivity contribution in [2.24, 2.45) is 5.92 Å². The third-order valence-electron chi connectivity index (χ3n) is 5.22. The number of carbonyl (C=O) groups is 2. The van der Waals surface area contributed by atoms with Gasteiger partial charge < -0.3 is 15.1 Å². The Bertz CT molecular complexity index is 625. The largest absolute Gasteiger partial charge is 0.350 e. The fraction of sp³-hybridized carbons (Fsp3) is 0.722. The van der Waals surface area contributed by atoms with Crippen LogP contribution in [-0.2, 0) is 29.0 Å². The van der Waals surface area contributed by atoms with Crippen LogP contribution in [0.15, 0.2) is 0 Å². The highest BCUT2D eigenvalue weighted by Gasteiger charge is 2.34. The van der Waals surface area contributed by atoms with Crippen LogP contribution >= 0.6 is 0 Å².